The van der Waals surface area contributed by atoms with E-state index in [4.69, 9.17) is 0 Å². The molecule has 0 aliphatic heterocycles. The number of Topliss-reactive ketones (excluding diaryl/α,β-unsaturated/α-hetero) is 1. The van der Waals surface area contributed by atoms with Gasteiger partial charge in [-0.05, 0) is 6.92 Å². The van der Waals surface area contributed by atoms with E-state index in [0.717, 1.165) is 0 Å². The first-order valence-corrected chi connectivity index (χ1v) is 4.73. The Kier molecular flexibility index (Phi) is 3.19. The van der Waals surface area contributed by atoms with Gasteiger partial charge in [0.05, 0.1) is 4.92 Å². The molecule has 15 heavy (non-hydrogen) atoms. The summed E-state index contributed by atoms with van der Waals surface area (Å²) in [6, 6.07) is 4.58. The Hall–Kier alpha value is -1.71. The number of nitrogens with zero attached hydrogens (tertiary/aromatic N) is 1. The Labute approximate surface area is 88.1 Å². The van der Waals surface area contributed by atoms with Crippen LogP contribution in [0.4, 0.5) is 5.69 Å². The molecule has 0 bridgehead atoms. The van der Waals surface area contributed by atoms with Gasteiger partial charge in [0.25, 0.3) is 5.69 Å². The zero-order chi connectivity index (χ0) is 11.6. The van der Waals surface area contributed by atoms with Crippen LogP contribution in [0.25, 0.3) is 0 Å². The first-order valence-electron chi connectivity index (χ1n) is 4.73. The molecule has 0 aromatic heterocycles. The molecule has 0 radical (unpaired) electrons. The van der Waals surface area contributed by atoms with Crippen LogP contribution in [0.2, 0.25) is 0 Å². The summed E-state index contributed by atoms with van der Waals surface area (Å²) in [6.07, 6.45) is 0. The molecule has 0 aliphatic rings. The minimum absolute atomic E-state index is 0.00139. The van der Waals surface area contributed by atoms with Gasteiger partial charge in [-0.25, -0.2) is 0 Å². The molecule has 0 aliphatic carbocycles. The third kappa shape index (κ3) is 2.21. The molecule has 80 valence electrons. The predicted octanol–water partition coefficient (Wildman–Crippen LogP) is 2.74. The summed E-state index contributed by atoms with van der Waals surface area (Å²) in [4.78, 5) is 21.9. The highest BCUT2D eigenvalue weighted by atomic mass is 16.6. The average molecular weight is 207 g/mol. The van der Waals surface area contributed by atoms with Crippen molar-refractivity contribution < 1.29 is 9.72 Å². The van der Waals surface area contributed by atoms with Crippen molar-refractivity contribution in [1.82, 2.24) is 0 Å². The molecule has 0 unspecified atom stereocenters. The standard InChI is InChI=1S/C11H13NO3/c1-7(2)11(13)9-5-4-6-10(8(9)3)12(14)15/h4-7H,1-3H3. The molecule has 0 N–H and O–H groups in total. The molecule has 0 spiro atoms. The van der Waals surface area contributed by atoms with E-state index in [1.54, 1.807) is 32.9 Å². The minimum Gasteiger partial charge on any atom is -0.294 e. The van der Waals surface area contributed by atoms with Gasteiger partial charge >= 0.3 is 0 Å². The van der Waals surface area contributed by atoms with Gasteiger partial charge < -0.3 is 0 Å². The molecular weight excluding hydrogens is 194 g/mol. The first kappa shape index (κ1) is 11.4. The van der Waals surface area contributed by atoms with E-state index in [0.29, 0.717) is 11.1 Å². The molecule has 1 rings (SSSR count). The lowest BCUT2D eigenvalue weighted by Crippen LogP contribution is -2.10. The molecule has 0 saturated heterocycles. The fourth-order valence-electron chi connectivity index (χ4n) is 1.40. The van der Waals surface area contributed by atoms with E-state index in [1.165, 1.54) is 6.07 Å². The maximum atomic E-state index is 11.7. The van der Waals surface area contributed by atoms with Gasteiger partial charge in [-0.3, -0.25) is 14.9 Å². The highest BCUT2D eigenvalue weighted by Gasteiger charge is 2.19. The van der Waals surface area contributed by atoms with Crippen molar-refractivity contribution in [2.75, 3.05) is 0 Å². The Morgan fingerprint density at radius 3 is 2.47 bits per heavy atom. The second kappa shape index (κ2) is 4.21. The molecule has 1 aromatic rings. The zero-order valence-corrected chi connectivity index (χ0v) is 8.98. The van der Waals surface area contributed by atoms with Crippen LogP contribution in [-0.4, -0.2) is 10.7 Å². The van der Waals surface area contributed by atoms with Crippen LogP contribution in [-0.2, 0) is 0 Å². The van der Waals surface area contributed by atoms with E-state index < -0.39 is 4.92 Å². The van der Waals surface area contributed by atoms with Crippen molar-refractivity contribution in [2.45, 2.75) is 20.8 Å². The summed E-state index contributed by atoms with van der Waals surface area (Å²) in [5, 5.41) is 10.7. The van der Waals surface area contributed by atoms with Crippen molar-refractivity contribution in [2.24, 2.45) is 5.92 Å². The maximum absolute atomic E-state index is 11.7. The van der Waals surface area contributed by atoms with Crippen molar-refractivity contribution in [1.29, 1.82) is 0 Å². The smallest absolute Gasteiger partial charge is 0.273 e. The van der Waals surface area contributed by atoms with Gasteiger partial charge in [0.15, 0.2) is 5.78 Å². The summed E-state index contributed by atoms with van der Waals surface area (Å²) in [6.45, 7) is 5.16. The van der Waals surface area contributed by atoms with E-state index in [1.807, 2.05) is 0 Å². The van der Waals surface area contributed by atoms with Crippen LogP contribution in [0.15, 0.2) is 18.2 Å². The Bertz CT molecular complexity index is 410. The predicted molar refractivity (Wildman–Crippen MR) is 57.0 cm³/mol. The number of carbonyl (C=O) groups excluding carboxylic acids is 1. The third-order valence-corrected chi connectivity index (χ3v) is 2.29. The molecule has 1 aromatic carbocycles. The summed E-state index contributed by atoms with van der Waals surface area (Å²) < 4.78 is 0. The molecule has 0 saturated carbocycles. The molecule has 4 nitrogen and oxygen atoms in total. The zero-order valence-electron chi connectivity index (χ0n) is 8.98. The van der Waals surface area contributed by atoms with Crippen molar-refractivity contribution in [3.8, 4) is 0 Å². The first-order chi connectivity index (χ1) is 6.95. The van der Waals surface area contributed by atoms with Crippen molar-refractivity contribution in [3.63, 3.8) is 0 Å². The summed E-state index contributed by atoms with van der Waals surface area (Å²) >= 11 is 0. The number of nitro benzene ring substituents is 1. The average Bonchev–Trinajstić information content (AvgIpc) is 2.16. The Morgan fingerprint density at radius 1 is 1.40 bits per heavy atom. The molecule has 0 amide bonds. The third-order valence-electron chi connectivity index (χ3n) is 2.29. The van der Waals surface area contributed by atoms with Crippen LogP contribution in [0.5, 0.6) is 0 Å². The SMILES string of the molecule is Cc1c(C(=O)C(C)C)cccc1[N+](=O)[O-]. The second-order valence-electron chi connectivity index (χ2n) is 3.73. The number of hydrogen-bond acceptors (Lipinski definition) is 3. The van der Waals surface area contributed by atoms with Crippen LogP contribution < -0.4 is 0 Å². The van der Waals surface area contributed by atoms with Crippen LogP contribution in [0, 0.1) is 23.0 Å². The lowest BCUT2D eigenvalue weighted by atomic mass is 9.96. The Balaban J connectivity index is 3.27. The van der Waals surface area contributed by atoms with Gasteiger partial charge in [0, 0.05) is 23.1 Å². The highest BCUT2D eigenvalue weighted by molar-refractivity contribution is 5.99. The number of benzene rings is 1. The summed E-state index contributed by atoms with van der Waals surface area (Å²) in [5.41, 5.74) is 0.891. The molecule has 0 atom stereocenters. The molecule has 0 heterocycles. The van der Waals surface area contributed by atoms with Crippen LogP contribution >= 0.6 is 0 Å². The lowest BCUT2D eigenvalue weighted by Gasteiger charge is -2.07. The van der Waals surface area contributed by atoms with E-state index in [-0.39, 0.29) is 17.4 Å². The van der Waals surface area contributed by atoms with Gasteiger partial charge in [-0.15, -0.1) is 0 Å². The van der Waals surface area contributed by atoms with Crippen molar-refractivity contribution in [3.05, 3.63) is 39.4 Å². The fourth-order valence-corrected chi connectivity index (χ4v) is 1.40. The quantitative estimate of drug-likeness (QED) is 0.435. The van der Waals surface area contributed by atoms with Crippen molar-refractivity contribution >= 4 is 11.5 Å². The highest BCUT2D eigenvalue weighted by Crippen LogP contribution is 2.23. The van der Waals surface area contributed by atoms with Gasteiger partial charge in [-0.1, -0.05) is 26.0 Å². The number of carbonyl (C=O) groups is 1. The van der Waals surface area contributed by atoms with E-state index >= 15 is 0 Å². The van der Waals surface area contributed by atoms with E-state index in [2.05, 4.69) is 0 Å². The number of rotatable bonds is 3. The van der Waals surface area contributed by atoms with Gasteiger partial charge in [0.2, 0.25) is 0 Å². The Morgan fingerprint density at radius 2 is 2.00 bits per heavy atom. The fraction of sp³-hybridized carbons (Fsp3) is 0.364. The van der Waals surface area contributed by atoms with Crippen LogP contribution in [0.1, 0.15) is 29.8 Å². The van der Waals surface area contributed by atoms with Gasteiger partial charge in [0.1, 0.15) is 0 Å². The molecule has 4 heteroatoms. The van der Waals surface area contributed by atoms with E-state index in [9.17, 15) is 14.9 Å². The minimum atomic E-state index is -0.466. The lowest BCUT2D eigenvalue weighted by molar-refractivity contribution is -0.385. The largest absolute Gasteiger partial charge is 0.294 e. The number of nitro groups is 1. The topological polar surface area (TPSA) is 60.2 Å². The molecular formula is C11H13NO3. The number of ketones is 1. The monoisotopic (exact) mass is 207 g/mol. The molecule has 0 fully saturated rings. The maximum Gasteiger partial charge on any atom is 0.273 e. The summed E-state index contributed by atoms with van der Waals surface area (Å²) in [7, 11) is 0. The normalized spacial score (nSPS) is 10.4. The second-order valence-corrected chi connectivity index (χ2v) is 3.73. The number of hydrogen-bond donors (Lipinski definition) is 0. The summed E-state index contributed by atoms with van der Waals surface area (Å²) in [5.74, 6) is -0.207. The van der Waals surface area contributed by atoms with Gasteiger partial charge in [-0.2, -0.15) is 0 Å². The van der Waals surface area contributed by atoms with Crippen LogP contribution in [0.3, 0.4) is 0 Å².